The Balaban J connectivity index is 1.92. The van der Waals surface area contributed by atoms with Gasteiger partial charge in [0.25, 0.3) is 0 Å². The zero-order valence-electron chi connectivity index (χ0n) is 12.8. The Labute approximate surface area is 149 Å². The predicted octanol–water partition coefficient (Wildman–Crippen LogP) is 3.94. The number of aldehydes is 1. The van der Waals surface area contributed by atoms with E-state index in [9.17, 15) is 9.59 Å². The lowest BCUT2D eigenvalue weighted by Crippen LogP contribution is -2.15. The van der Waals surface area contributed by atoms with Crippen LogP contribution in [0.4, 0.5) is 0 Å². The zero-order valence-corrected chi connectivity index (χ0v) is 14.3. The van der Waals surface area contributed by atoms with Crippen molar-refractivity contribution in [3.8, 4) is 11.5 Å². The molecule has 2 rings (SSSR count). The molecule has 0 aliphatic carbocycles. The smallest absolute Gasteiger partial charge is 0.344 e. The van der Waals surface area contributed by atoms with Crippen molar-refractivity contribution in [3.63, 3.8) is 0 Å². The lowest BCUT2D eigenvalue weighted by molar-refractivity contribution is -0.147. The van der Waals surface area contributed by atoms with Crippen LogP contribution in [0.5, 0.6) is 11.5 Å². The molecule has 0 aromatic heterocycles. The van der Waals surface area contributed by atoms with Crippen molar-refractivity contribution in [2.24, 2.45) is 0 Å². The molecule has 126 valence electrons. The van der Waals surface area contributed by atoms with Crippen molar-refractivity contribution in [1.82, 2.24) is 0 Å². The molecular weight excluding hydrogens is 355 g/mol. The summed E-state index contributed by atoms with van der Waals surface area (Å²) in [5.74, 6) is 0.271. The summed E-state index contributed by atoms with van der Waals surface area (Å²) in [5, 5.41) is 0.771. The Bertz CT molecular complexity index is 746. The minimum absolute atomic E-state index is 0.0403. The third-order valence-electron chi connectivity index (χ3n) is 3.07. The van der Waals surface area contributed by atoms with E-state index < -0.39 is 5.97 Å². The molecule has 0 saturated heterocycles. The first kappa shape index (κ1) is 18.1. The van der Waals surface area contributed by atoms with Gasteiger partial charge in [0.05, 0.1) is 12.1 Å². The van der Waals surface area contributed by atoms with Gasteiger partial charge in [-0.2, -0.15) is 0 Å². The van der Waals surface area contributed by atoms with E-state index in [0.717, 1.165) is 0 Å². The third-order valence-corrected chi connectivity index (χ3v) is 3.60. The molecule has 2 aromatic rings. The van der Waals surface area contributed by atoms with Crippen molar-refractivity contribution in [2.45, 2.75) is 6.61 Å². The first-order valence-corrected chi connectivity index (χ1v) is 7.64. The van der Waals surface area contributed by atoms with E-state index in [1.54, 1.807) is 30.3 Å². The van der Waals surface area contributed by atoms with Crippen LogP contribution in [0.15, 0.2) is 36.4 Å². The molecule has 0 amide bonds. The van der Waals surface area contributed by atoms with Crippen molar-refractivity contribution in [1.29, 1.82) is 0 Å². The Kier molecular flexibility index (Phi) is 6.46. The number of methoxy groups -OCH3 is 1. The van der Waals surface area contributed by atoms with Gasteiger partial charge in [0.1, 0.15) is 24.4 Å². The van der Waals surface area contributed by atoms with Gasteiger partial charge in [0, 0.05) is 16.1 Å². The molecule has 0 heterocycles. The molecule has 0 atom stereocenters. The van der Waals surface area contributed by atoms with Crippen LogP contribution in [0.25, 0.3) is 0 Å². The van der Waals surface area contributed by atoms with Crippen LogP contribution in [0.2, 0.25) is 10.0 Å². The van der Waals surface area contributed by atoms with Crippen molar-refractivity contribution in [2.75, 3.05) is 13.7 Å². The second-order valence-corrected chi connectivity index (χ2v) is 5.56. The molecule has 0 radical (unpaired) electrons. The SMILES string of the molecule is COc1ccc(C=O)cc1COC(=O)COc1ccc(Cl)cc1Cl. The van der Waals surface area contributed by atoms with E-state index in [-0.39, 0.29) is 13.2 Å². The minimum Gasteiger partial charge on any atom is -0.496 e. The van der Waals surface area contributed by atoms with E-state index in [4.69, 9.17) is 37.4 Å². The fourth-order valence-electron chi connectivity index (χ4n) is 1.91. The number of hydrogen-bond acceptors (Lipinski definition) is 5. The summed E-state index contributed by atoms with van der Waals surface area (Å²) >= 11 is 11.7. The van der Waals surface area contributed by atoms with Gasteiger partial charge in [-0.3, -0.25) is 4.79 Å². The lowest BCUT2D eigenvalue weighted by atomic mass is 10.1. The first-order valence-electron chi connectivity index (χ1n) is 6.89. The molecule has 0 aliphatic heterocycles. The maximum Gasteiger partial charge on any atom is 0.344 e. The van der Waals surface area contributed by atoms with Crippen LogP contribution in [-0.2, 0) is 16.1 Å². The van der Waals surface area contributed by atoms with Crippen LogP contribution in [0.1, 0.15) is 15.9 Å². The zero-order chi connectivity index (χ0) is 17.5. The number of carbonyl (C=O) groups excluding carboxylic acids is 2. The highest BCUT2D eigenvalue weighted by Gasteiger charge is 2.10. The highest BCUT2D eigenvalue weighted by atomic mass is 35.5. The largest absolute Gasteiger partial charge is 0.496 e. The second kappa shape index (κ2) is 8.57. The Morgan fingerprint density at radius 3 is 2.54 bits per heavy atom. The van der Waals surface area contributed by atoms with Crippen LogP contribution in [0, 0.1) is 0 Å². The molecule has 0 saturated carbocycles. The molecular formula is C17H14Cl2O5. The molecule has 0 unspecified atom stereocenters. The van der Waals surface area contributed by atoms with E-state index in [1.807, 2.05) is 0 Å². The topological polar surface area (TPSA) is 61.8 Å². The maximum absolute atomic E-state index is 11.8. The minimum atomic E-state index is -0.584. The van der Waals surface area contributed by atoms with E-state index >= 15 is 0 Å². The Morgan fingerprint density at radius 1 is 1.12 bits per heavy atom. The normalized spacial score (nSPS) is 10.1. The van der Waals surface area contributed by atoms with Gasteiger partial charge in [0.15, 0.2) is 6.61 Å². The van der Waals surface area contributed by atoms with Gasteiger partial charge in [-0.15, -0.1) is 0 Å². The lowest BCUT2D eigenvalue weighted by Gasteiger charge is -2.11. The number of rotatable bonds is 7. The Morgan fingerprint density at radius 2 is 1.88 bits per heavy atom. The first-order chi connectivity index (χ1) is 11.5. The quantitative estimate of drug-likeness (QED) is 0.547. The summed E-state index contributed by atoms with van der Waals surface area (Å²) in [4.78, 5) is 22.6. The summed E-state index contributed by atoms with van der Waals surface area (Å²) in [5.41, 5.74) is 1.05. The van der Waals surface area contributed by atoms with Gasteiger partial charge in [-0.25, -0.2) is 4.79 Å². The van der Waals surface area contributed by atoms with Crippen LogP contribution < -0.4 is 9.47 Å². The number of esters is 1. The van der Waals surface area contributed by atoms with Crippen LogP contribution in [-0.4, -0.2) is 26.0 Å². The van der Waals surface area contributed by atoms with Gasteiger partial charge in [0.2, 0.25) is 0 Å². The average Bonchev–Trinajstić information content (AvgIpc) is 2.58. The van der Waals surface area contributed by atoms with Crippen molar-refractivity contribution < 1.29 is 23.8 Å². The highest BCUT2D eigenvalue weighted by molar-refractivity contribution is 6.35. The molecule has 0 aliphatic rings. The van der Waals surface area contributed by atoms with Gasteiger partial charge < -0.3 is 14.2 Å². The molecule has 0 spiro atoms. The molecule has 0 fully saturated rings. The number of ether oxygens (including phenoxy) is 3. The van der Waals surface area contributed by atoms with E-state index in [2.05, 4.69) is 0 Å². The summed E-state index contributed by atoms with van der Waals surface area (Å²) in [6.07, 6.45) is 0.705. The van der Waals surface area contributed by atoms with Gasteiger partial charge in [-0.1, -0.05) is 23.2 Å². The second-order valence-electron chi connectivity index (χ2n) is 4.71. The van der Waals surface area contributed by atoms with Crippen LogP contribution in [0.3, 0.4) is 0 Å². The predicted molar refractivity (Wildman–Crippen MR) is 90.1 cm³/mol. The van der Waals surface area contributed by atoms with Gasteiger partial charge in [-0.05, 0) is 36.4 Å². The van der Waals surface area contributed by atoms with Crippen molar-refractivity contribution >= 4 is 35.5 Å². The number of hydrogen-bond donors (Lipinski definition) is 0. The van der Waals surface area contributed by atoms with Crippen LogP contribution >= 0.6 is 23.2 Å². The average molecular weight is 369 g/mol. The van der Waals surface area contributed by atoms with E-state index in [0.29, 0.717) is 39.0 Å². The summed E-state index contributed by atoms with van der Waals surface area (Å²) in [6.45, 7) is -0.349. The van der Waals surface area contributed by atoms with Crippen molar-refractivity contribution in [3.05, 3.63) is 57.6 Å². The van der Waals surface area contributed by atoms with E-state index in [1.165, 1.54) is 13.2 Å². The monoisotopic (exact) mass is 368 g/mol. The summed E-state index contributed by atoms with van der Waals surface area (Å²) < 4.78 is 15.6. The standard InChI is InChI=1S/C17H14Cl2O5/c1-22-15-4-2-11(8-20)6-12(15)9-24-17(21)10-23-16-5-3-13(18)7-14(16)19/h2-8H,9-10H2,1H3. The van der Waals surface area contributed by atoms with Gasteiger partial charge >= 0.3 is 5.97 Å². The molecule has 0 bridgehead atoms. The fourth-order valence-corrected chi connectivity index (χ4v) is 2.38. The molecule has 5 nitrogen and oxygen atoms in total. The molecule has 0 N–H and O–H groups in total. The fraction of sp³-hybridized carbons (Fsp3) is 0.176. The number of carbonyl (C=O) groups is 2. The maximum atomic E-state index is 11.8. The number of benzene rings is 2. The molecule has 24 heavy (non-hydrogen) atoms. The summed E-state index contributed by atoms with van der Waals surface area (Å²) in [6, 6.07) is 9.52. The molecule has 2 aromatic carbocycles. The number of halogens is 2. The third kappa shape index (κ3) is 4.88. The molecule has 7 heteroatoms. The summed E-state index contributed by atoms with van der Waals surface area (Å²) in [7, 11) is 1.49. The Hall–Kier alpha value is -2.24. The highest BCUT2D eigenvalue weighted by Crippen LogP contribution is 2.27.